The van der Waals surface area contributed by atoms with Crippen LogP contribution in [0.5, 0.6) is 0 Å². The van der Waals surface area contributed by atoms with E-state index >= 15 is 0 Å². The van der Waals surface area contributed by atoms with E-state index < -0.39 is 0 Å². The van der Waals surface area contributed by atoms with Gasteiger partial charge in [-0.05, 0) is 44.7 Å². The summed E-state index contributed by atoms with van der Waals surface area (Å²) in [5, 5.41) is 3.32. The SMILES string of the molecule is CCOC(=O)C1CC12CCNCC2.Cl. The first kappa shape index (κ1) is 11.8. The Hall–Kier alpha value is -0.280. The summed E-state index contributed by atoms with van der Waals surface area (Å²) in [7, 11) is 0. The van der Waals surface area contributed by atoms with Gasteiger partial charge >= 0.3 is 5.97 Å². The van der Waals surface area contributed by atoms with Gasteiger partial charge < -0.3 is 10.1 Å². The zero-order valence-electron chi connectivity index (χ0n) is 8.54. The van der Waals surface area contributed by atoms with Crippen molar-refractivity contribution >= 4 is 18.4 Å². The van der Waals surface area contributed by atoms with E-state index in [1.807, 2.05) is 6.92 Å². The Balaban J connectivity index is 0.000000980. The number of hydrogen-bond donors (Lipinski definition) is 1. The lowest BCUT2D eigenvalue weighted by Gasteiger charge is -2.22. The van der Waals surface area contributed by atoms with Crippen molar-refractivity contribution in [2.75, 3.05) is 19.7 Å². The van der Waals surface area contributed by atoms with Crippen LogP contribution in [0.25, 0.3) is 0 Å². The molecule has 0 bridgehead atoms. The van der Waals surface area contributed by atoms with Gasteiger partial charge in [0.1, 0.15) is 0 Å². The number of carbonyl (C=O) groups is 1. The number of piperidine rings is 1. The highest BCUT2D eigenvalue weighted by Crippen LogP contribution is 2.58. The van der Waals surface area contributed by atoms with Crippen molar-refractivity contribution < 1.29 is 9.53 Å². The third-order valence-corrected chi connectivity index (χ3v) is 3.36. The van der Waals surface area contributed by atoms with Crippen LogP contribution in [0, 0.1) is 11.3 Å². The minimum atomic E-state index is 0. The molecule has 2 aliphatic rings. The average molecular weight is 220 g/mol. The molecule has 0 aromatic rings. The highest BCUT2D eigenvalue weighted by Gasteiger charge is 2.58. The van der Waals surface area contributed by atoms with Gasteiger partial charge in [0, 0.05) is 0 Å². The molecule has 2 rings (SSSR count). The quantitative estimate of drug-likeness (QED) is 0.713. The van der Waals surface area contributed by atoms with Crippen LogP contribution in [0.2, 0.25) is 0 Å². The van der Waals surface area contributed by atoms with Crippen LogP contribution in [-0.4, -0.2) is 25.7 Å². The molecule has 2 fully saturated rings. The molecule has 0 radical (unpaired) electrons. The molecule has 0 aromatic carbocycles. The van der Waals surface area contributed by atoms with Crippen LogP contribution in [0.1, 0.15) is 26.2 Å². The fourth-order valence-corrected chi connectivity index (χ4v) is 2.40. The molecule has 1 spiro atoms. The van der Waals surface area contributed by atoms with Crippen LogP contribution < -0.4 is 5.32 Å². The summed E-state index contributed by atoms with van der Waals surface area (Å²) in [6, 6.07) is 0. The highest BCUT2D eigenvalue weighted by atomic mass is 35.5. The lowest BCUT2D eigenvalue weighted by Crippen LogP contribution is -2.31. The van der Waals surface area contributed by atoms with Gasteiger partial charge in [0.15, 0.2) is 0 Å². The summed E-state index contributed by atoms with van der Waals surface area (Å²) in [6.45, 7) is 4.52. The maximum atomic E-state index is 11.4. The number of halogens is 1. The number of esters is 1. The average Bonchev–Trinajstić information content (AvgIpc) is 2.81. The Morgan fingerprint density at radius 3 is 2.71 bits per heavy atom. The Morgan fingerprint density at radius 1 is 1.50 bits per heavy atom. The molecular weight excluding hydrogens is 202 g/mol. The molecule has 82 valence electrons. The van der Waals surface area contributed by atoms with E-state index in [0.717, 1.165) is 32.4 Å². The van der Waals surface area contributed by atoms with Crippen molar-refractivity contribution in [3.05, 3.63) is 0 Å². The van der Waals surface area contributed by atoms with Gasteiger partial charge in [0.05, 0.1) is 12.5 Å². The van der Waals surface area contributed by atoms with Crippen molar-refractivity contribution in [2.24, 2.45) is 11.3 Å². The first-order valence-corrected chi connectivity index (χ1v) is 5.16. The first-order chi connectivity index (χ1) is 6.28. The van der Waals surface area contributed by atoms with Gasteiger partial charge in [-0.2, -0.15) is 0 Å². The van der Waals surface area contributed by atoms with E-state index in [2.05, 4.69) is 5.32 Å². The number of ether oxygens (including phenoxy) is 1. The van der Waals surface area contributed by atoms with Gasteiger partial charge in [-0.15, -0.1) is 12.4 Å². The van der Waals surface area contributed by atoms with Crippen LogP contribution in [0.3, 0.4) is 0 Å². The molecule has 1 aliphatic heterocycles. The molecule has 1 unspecified atom stereocenters. The largest absolute Gasteiger partial charge is 0.466 e. The van der Waals surface area contributed by atoms with Crippen LogP contribution in [0.15, 0.2) is 0 Å². The van der Waals surface area contributed by atoms with Crippen LogP contribution in [-0.2, 0) is 9.53 Å². The lowest BCUT2D eigenvalue weighted by atomic mass is 9.92. The molecule has 4 heteroatoms. The van der Waals surface area contributed by atoms with Crippen molar-refractivity contribution in [3.63, 3.8) is 0 Å². The molecule has 0 amide bonds. The summed E-state index contributed by atoms with van der Waals surface area (Å²) >= 11 is 0. The number of hydrogen-bond acceptors (Lipinski definition) is 3. The van der Waals surface area contributed by atoms with Gasteiger partial charge in [-0.25, -0.2) is 0 Å². The first-order valence-electron chi connectivity index (χ1n) is 5.16. The number of nitrogens with one attached hydrogen (secondary N) is 1. The number of rotatable bonds is 2. The third-order valence-electron chi connectivity index (χ3n) is 3.36. The summed E-state index contributed by atoms with van der Waals surface area (Å²) < 4.78 is 5.03. The Morgan fingerprint density at radius 2 is 2.14 bits per heavy atom. The van der Waals surface area contributed by atoms with E-state index in [0.29, 0.717) is 12.0 Å². The van der Waals surface area contributed by atoms with Gasteiger partial charge in [0.2, 0.25) is 0 Å². The van der Waals surface area contributed by atoms with E-state index in [1.165, 1.54) is 0 Å². The fourth-order valence-electron chi connectivity index (χ4n) is 2.40. The summed E-state index contributed by atoms with van der Waals surface area (Å²) in [5.41, 5.74) is 0.331. The maximum Gasteiger partial charge on any atom is 0.309 e. The molecule has 1 saturated heterocycles. The molecule has 1 heterocycles. The second-order valence-corrected chi connectivity index (χ2v) is 4.12. The topological polar surface area (TPSA) is 38.3 Å². The minimum Gasteiger partial charge on any atom is -0.466 e. The van der Waals surface area contributed by atoms with Gasteiger partial charge in [-0.3, -0.25) is 4.79 Å². The highest BCUT2D eigenvalue weighted by molar-refractivity contribution is 5.85. The zero-order valence-corrected chi connectivity index (χ0v) is 9.36. The summed E-state index contributed by atoms with van der Waals surface area (Å²) in [6.07, 6.45) is 3.36. The monoisotopic (exact) mass is 219 g/mol. The predicted octanol–water partition coefficient (Wildman–Crippen LogP) is 1.36. The molecule has 0 aromatic heterocycles. The number of carbonyl (C=O) groups excluding carboxylic acids is 1. The van der Waals surface area contributed by atoms with Crippen molar-refractivity contribution in [2.45, 2.75) is 26.2 Å². The maximum absolute atomic E-state index is 11.4. The molecule has 1 aliphatic carbocycles. The van der Waals surface area contributed by atoms with Crippen LogP contribution >= 0.6 is 12.4 Å². The summed E-state index contributed by atoms with van der Waals surface area (Å²) in [4.78, 5) is 11.4. The minimum absolute atomic E-state index is 0. The Bertz CT molecular complexity index is 214. The molecule has 1 saturated carbocycles. The molecule has 1 N–H and O–H groups in total. The second kappa shape index (κ2) is 4.49. The van der Waals surface area contributed by atoms with Crippen molar-refractivity contribution in [1.82, 2.24) is 5.32 Å². The fraction of sp³-hybridized carbons (Fsp3) is 0.900. The van der Waals surface area contributed by atoms with Gasteiger partial charge in [0.25, 0.3) is 0 Å². The smallest absolute Gasteiger partial charge is 0.309 e. The van der Waals surface area contributed by atoms with Gasteiger partial charge in [-0.1, -0.05) is 0 Å². The van der Waals surface area contributed by atoms with E-state index in [4.69, 9.17) is 4.74 Å². The Labute approximate surface area is 91.0 Å². The molecule has 3 nitrogen and oxygen atoms in total. The predicted molar refractivity (Wildman–Crippen MR) is 56.5 cm³/mol. The third kappa shape index (κ3) is 2.04. The van der Waals surface area contributed by atoms with Crippen molar-refractivity contribution in [3.8, 4) is 0 Å². The standard InChI is InChI=1S/C10H17NO2.ClH/c1-2-13-9(12)8-7-10(8)3-5-11-6-4-10;/h8,11H,2-7H2,1H3;1H. The molecule has 1 atom stereocenters. The van der Waals surface area contributed by atoms with E-state index in [-0.39, 0.29) is 24.3 Å². The normalized spacial score (nSPS) is 27.9. The lowest BCUT2D eigenvalue weighted by molar-refractivity contribution is -0.145. The Kier molecular flexibility index (Phi) is 3.78. The van der Waals surface area contributed by atoms with Crippen molar-refractivity contribution in [1.29, 1.82) is 0 Å². The summed E-state index contributed by atoms with van der Waals surface area (Å²) in [5.74, 6) is 0.249. The van der Waals surface area contributed by atoms with E-state index in [9.17, 15) is 4.79 Å². The zero-order chi connectivity index (χ0) is 9.31. The van der Waals surface area contributed by atoms with Crippen LogP contribution in [0.4, 0.5) is 0 Å². The molecule has 14 heavy (non-hydrogen) atoms. The molecular formula is C10H18ClNO2. The van der Waals surface area contributed by atoms with E-state index in [1.54, 1.807) is 0 Å². The second-order valence-electron chi connectivity index (χ2n) is 4.12.